The second-order valence-corrected chi connectivity index (χ2v) is 8.13. The van der Waals surface area contributed by atoms with Crippen molar-refractivity contribution in [2.75, 3.05) is 54.4 Å². The summed E-state index contributed by atoms with van der Waals surface area (Å²) >= 11 is 0. The van der Waals surface area contributed by atoms with Gasteiger partial charge in [0.05, 0.1) is 0 Å². The van der Waals surface area contributed by atoms with Crippen molar-refractivity contribution in [3.8, 4) is 16.9 Å². The normalized spacial score (nSPS) is 13.9. The minimum atomic E-state index is 0.661. The van der Waals surface area contributed by atoms with Gasteiger partial charge in [0.25, 0.3) is 0 Å². The summed E-state index contributed by atoms with van der Waals surface area (Å²) in [6.07, 6.45) is 7.65. The van der Waals surface area contributed by atoms with E-state index in [4.69, 9.17) is 4.74 Å². The van der Waals surface area contributed by atoms with Crippen molar-refractivity contribution in [1.29, 1.82) is 0 Å². The summed E-state index contributed by atoms with van der Waals surface area (Å²) < 4.78 is 6.22. The molecular formula is C26H34N3O. The summed E-state index contributed by atoms with van der Waals surface area (Å²) in [7, 11) is 8.33. The number of ether oxygens (including phenoxy) is 1. The van der Waals surface area contributed by atoms with Crippen molar-refractivity contribution in [3.05, 3.63) is 78.4 Å². The third-order valence-corrected chi connectivity index (χ3v) is 5.08. The molecule has 2 aromatic carbocycles. The van der Waals surface area contributed by atoms with Gasteiger partial charge in [-0.05, 0) is 64.3 Å². The first-order valence-electron chi connectivity index (χ1n) is 10.6. The Hall–Kier alpha value is -2.56. The lowest BCUT2D eigenvalue weighted by Crippen LogP contribution is -2.27. The highest BCUT2D eigenvalue weighted by Gasteiger charge is 2.17. The van der Waals surface area contributed by atoms with Gasteiger partial charge in [0.2, 0.25) is 0 Å². The summed E-state index contributed by atoms with van der Waals surface area (Å²) in [4.78, 5) is 4.33. The second-order valence-electron chi connectivity index (χ2n) is 8.13. The van der Waals surface area contributed by atoms with E-state index in [9.17, 15) is 0 Å². The molecule has 0 spiro atoms. The van der Waals surface area contributed by atoms with E-state index in [1.54, 1.807) is 0 Å². The summed E-state index contributed by atoms with van der Waals surface area (Å²) in [6.45, 7) is 3.44. The van der Waals surface area contributed by atoms with E-state index < -0.39 is 0 Å². The van der Waals surface area contributed by atoms with Crippen molar-refractivity contribution in [3.63, 3.8) is 0 Å². The maximum absolute atomic E-state index is 6.22. The summed E-state index contributed by atoms with van der Waals surface area (Å²) in [5.41, 5.74) is 5.92. The van der Waals surface area contributed by atoms with Crippen LogP contribution < -0.4 is 10.1 Å². The van der Waals surface area contributed by atoms with Crippen molar-refractivity contribution < 1.29 is 4.74 Å². The molecule has 1 radical (unpaired) electrons. The Morgan fingerprint density at radius 1 is 0.900 bits per heavy atom. The van der Waals surface area contributed by atoms with Gasteiger partial charge >= 0.3 is 0 Å². The van der Waals surface area contributed by atoms with E-state index in [2.05, 4.69) is 110 Å². The van der Waals surface area contributed by atoms with Gasteiger partial charge in [-0.3, -0.25) is 0 Å². The molecule has 0 saturated carbocycles. The first kappa shape index (κ1) is 22.1. The Morgan fingerprint density at radius 2 is 1.67 bits per heavy atom. The lowest BCUT2D eigenvalue weighted by atomic mass is 9.92. The minimum absolute atomic E-state index is 0.661. The third-order valence-electron chi connectivity index (χ3n) is 5.08. The largest absolute Gasteiger partial charge is 0.492 e. The highest BCUT2D eigenvalue weighted by atomic mass is 16.5. The molecule has 1 N–H and O–H groups in total. The average Bonchev–Trinajstić information content (AvgIpc) is 2.74. The lowest BCUT2D eigenvalue weighted by Gasteiger charge is -2.23. The number of rotatable bonds is 10. The third kappa shape index (κ3) is 6.22. The van der Waals surface area contributed by atoms with Crippen LogP contribution in [0, 0.1) is 6.42 Å². The SMILES string of the molecule is CN(C)CCNC1=CC[CH]C=C1c1cc(-c2ccccc2)ccc1OCCN(C)C. The maximum Gasteiger partial charge on any atom is 0.127 e. The number of likely N-dealkylation sites (N-methyl/N-ethyl adjacent to an activating group) is 2. The van der Waals surface area contributed by atoms with Crippen LogP contribution in [0.5, 0.6) is 5.75 Å². The first-order valence-corrected chi connectivity index (χ1v) is 10.6. The van der Waals surface area contributed by atoms with Gasteiger partial charge in [0.15, 0.2) is 0 Å². The summed E-state index contributed by atoms with van der Waals surface area (Å²) in [6, 6.07) is 17.0. The molecule has 0 amide bonds. The first-order chi connectivity index (χ1) is 14.5. The Labute approximate surface area is 181 Å². The van der Waals surface area contributed by atoms with Crippen LogP contribution in [0.25, 0.3) is 16.7 Å². The maximum atomic E-state index is 6.22. The predicted molar refractivity (Wildman–Crippen MR) is 127 cm³/mol. The van der Waals surface area contributed by atoms with Crippen LogP contribution in [0.15, 0.2) is 66.4 Å². The molecule has 159 valence electrons. The molecule has 0 heterocycles. The lowest BCUT2D eigenvalue weighted by molar-refractivity contribution is 0.261. The standard InChI is InChI=1S/C26H34N3O/c1-28(2)17-16-27-25-13-9-8-12-23(25)24-20-22(21-10-6-5-7-11-21)14-15-26(24)30-19-18-29(3)4/h5-8,10-15,20,27H,9,16-19H2,1-4H3. The Balaban J connectivity index is 1.91. The number of nitrogens with one attached hydrogen (secondary N) is 1. The molecule has 0 unspecified atom stereocenters. The zero-order chi connectivity index (χ0) is 21.3. The van der Waals surface area contributed by atoms with Crippen LogP contribution in [-0.4, -0.2) is 64.2 Å². The Bertz CT molecular complexity index is 869. The fraction of sp³-hybridized carbons (Fsp3) is 0.346. The molecule has 0 aromatic heterocycles. The van der Waals surface area contributed by atoms with Crippen molar-refractivity contribution in [2.24, 2.45) is 0 Å². The van der Waals surface area contributed by atoms with Crippen LogP contribution in [-0.2, 0) is 0 Å². The molecular weight excluding hydrogens is 370 g/mol. The molecule has 1 aliphatic carbocycles. The quantitative estimate of drug-likeness (QED) is 0.638. The van der Waals surface area contributed by atoms with Crippen molar-refractivity contribution >= 4 is 5.57 Å². The molecule has 0 aliphatic heterocycles. The fourth-order valence-electron chi connectivity index (χ4n) is 3.40. The van der Waals surface area contributed by atoms with Crippen LogP contribution in [0.4, 0.5) is 0 Å². The minimum Gasteiger partial charge on any atom is -0.492 e. The summed E-state index contributed by atoms with van der Waals surface area (Å²) in [5.74, 6) is 0.929. The van der Waals surface area contributed by atoms with Gasteiger partial charge in [-0.15, -0.1) is 0 Å². The zero-order valence-corrected chi connectivity index (χ0v) is 18.7. The van der Waals surface area contributed by atoms with E-state index in [1.165, 1.54) is 22.4 Å². The Morgan fingerprint density at radius 3 is 2.40 bits per heavy atom. The van der Waals surface area contributed by atoms with Gasteiger partial charge in [-0.25, -0.2) is 0 Å². The molecule has 2 aromatic rings. The van der Waals surface area contributed by atoms with E-state index >= 15 is 0 Å². The van der Waals surface area contributed by atoms with Gasteiger partial charge < -0.3 is 19.9 Å². The van der Waals surface area contributed by atoms with E-state index in [-0.39, 0.29) is 0 Å². The summed E-state index contributed by atoms with van der Waals surface area (Å²) in [5, 5.41) is 3.63. The number of hydrogen-bond acceptors (Lipinski definition) is 4. The molecule has 0 fully saturated rings. The fourth-order valence-corrected chi connectivity index (χ4v) is 3.40. The topological polar surface area (TPSA) is 27.7 Å². The number of benzene rings is 2. The Kier molecular flexibility index (Phi) is 8.12. The second kappa shape index (κ2) is 11.0. The van der Waals surface area contributed by atoms with Gasteiger partial charge in [0, 0.05) is 36.5 Å². The molecule has 0 saturated heterocycles. The monoisotopic (exact) mass is 404 g/mol. The van der Waals surface area contributed by atoms with Crippen molar-refractivity contribution in [2.45, 2.75) is 6.42 Å². The van der Waals surface area contributed by atoms with E-state index in [0.29, 0.717) is 6.61 Å². The molecule has 30 heavy (non-hydrogen) atoms. The molecule has 0 bridgehead atoms. The van der Waals surface area contributed by atoms with Crippen LogP contribution >= 0.6 is 0 Å². The van der Waals surface area contributed by atoms with Gasteiger partial charge in [-0.2, -0.15) is 0 Å². The number of hydrogen-bond donors (Lipinski definition) is 1. The number of nitrogens with zero attached hydrogens (tertiary/aromatic N) is 2. The molecule has 3 rings (SSSR count). The molecule has 1 aliphatic rings. The molecule has 0 atom stereocenters. The van der Waals surface area contributed by atoms with Gasteiger partial charge in [-0.1, -0.05) is 48.6 Å². The number of allylic oxidation sites excluding steroid dienone is 3. The molecule has 4 nitrogen and oxygen atoms in total. The zero-order valence-electron chi connectivity index (χ0n) is 18.7. The van der Waals surface area contributed by atoms with E-state index in [1.807, 2.05) is 0 Å². The highest BCUT2D eigenvalue weighted by molar-refractivity contribution is 5.85. The van der Waals surface area contributed by atoms with Gasteiger partial charge in [0.1, 0.15) is 12.4 Å². The van der Waals surface area contributed by atoms with E-state index in [0.717, 1.165) is 37.4 Å². The predicted octanol–water partition coefficient (Wildman–Crippen LogP) is 4.32. The molecule has 4 heteroatoms. The van der Waals surface area contributed by atoms with Crippen LogP contribution in [0.1, 0.15) is 12.0 Å². The van der Waals surface area contributed by atoms with Crippen LogP contribution in [0.2, 0.25) is 0 Å². The van der Waals surface area contributed by atoms with Crippen molar-refractivity contribution in [1.82, 2.24) is 15.1 Å². The average molecular weight is 405 g/mol. The smallest absolute Gasteiger partial charge is 0.127 e. The highest BCUT2D eigenvalue weighted by Crippen LogP contribution is 2.36. The van der Waals surface area contributed by atoms with Crippen LogP contribution in [0.3, 0.4) is 0 Å².